The molecule has 1 atom stereocenters. The monoisotopic (exact) mass is 360 g/mol. The Bertz CT molecular complexity index is 626. The smallest absolute Gasteiger partial charge is 0.241 e. The van der Waals surface area contributed by atoms with Crippen LogP contribution in [0.3, 0.4) is 0 Å². The van der Waals surface area contributed by atoms with Gasteiger partial charge in [-0.05, 0) is 65.2 Å². The summed E-state index contributed by atoms with van der Waals surface area (Å²) < 4.78 is 28.5. The quantitative estimate of drug-likeness (QED) is 0.812. The molecular weight excluding hydrogens is 340 g/mol. The first-order valence-corrected chi connectivity index (χ1v) is 8.96. The van der Waals surface area contributed by atoms with Crippen LogP contribution in [0.15, 0.2) is 21.5 Å². The van der Waals surface area contributed by atoms with E-state index in [0.717, 1.165) is 23.7 Å². The predicted molar refractivity (Wildman–Crippen MR) is 85.0 cm³/mol. The Morgan fingerprint density at radius 1 is 1.40 bits per heavy atom. The molecule has 0 spiro atoms. The number of nitrogen functional groups attached to an aromatic ring is 1. The fourth-order valence-electron chi connectivity index (χ4n) is 2.78. The van der Waals surface area contributed by atoms with Crippen molar-refractivity contribution in [2.45, 2.75) is 51.0 Å². The van der Waals surface area contributed by atoms with Crippen molar-refractivity contribution < 1.29 is 8.42 Å². The maximum absolute atomic E-state index is 12.5. The Labute approximate surface area is 129 Å². The lowest BCUT2D eigenvalue weighted by atomic mass is 9.92. The van der Waals surface area contributed by atoms with Crippen LogP contribution in [0.2, 0.25) is 0 Å². The minimum atomic E-state index is -3.51. The number of hydrogen-bond acceptors (Lipinski definition) is 3. The molecule has 0 bridgehead atoms. The molecule has 1 unspecified atom stereocenters. The highest BCUT2D eigenvalue weighted by molar-refractivity contribution is 9.10. The van der Waals surface area contributed by atoms with Crippen LogP contribution in [0.4, 0.5) is 5.69 Å². The summed E-state index contributed by atoms with van der Waals surface area (Å²) in [6.45, 7) is 6.12. The summed E-state index contributed by atoms with van der Waals surface area (Å²) in [5, 5.41) is 0. The van der Waals surface area contributed by atoms with Gasteiger partial charge in [0, 0.05) is 16.2 Å². The molecule has 0 aromatic heterocycles. The zero-order valence-corrected chi connectivity index (χ0v) is 14.4. The first kappa shape index (κ1) is 15.8. The fourth-order valence-corrected chi connectivity index (χ4v) is 4.77. The zero-order valence-electron chi connectivity index (χ0n) is 12.0. The van der Waals surface area contributed by atoms with Crippen LogP contribution in [-0.2, 0) is 10.0 Å². The molecule has 1 aromatic rings. The van der Waals surface area contributed by atoms with E-state index < -0.39 is 10.0 Å². The second-order valence-electron chi connectivity index (χ2n) is 6.36. The first-order valence-electron chi connectivity index (χ1n) is 6.69. The Kier molecular flexibility index (Phi) is 4.19. The summed E-state index contributed by atoms with van der Waals surface area (Å²) >= 11 is 3.31. The average molecular weight is 361 g/mol. The number of sulfonamides is 1. The molecule has 3 N–H and O–H groups in total. The Hall–Kier alpha value is -0.590. The van der Waals surface area contributed by atoms with Gasteiger partial charge in [-0.2, -0.15) is 0 Å². The average Bonchev–Trinajstić information content (AvgIpc) is 2.62. The molecule has 1 aliphatic carbocycles. The molecular formula is C14H21BrN2O2S. The van der Waals surface area contributed by atoms with Gasteiger partial charge in [0.05, 0.1) is 4.90 Å². The fraction of sp³-hybridized carbons (Fsp3) is 0.571. The topological polar surface area (TPSA) is 72.2 Å². The second kappa shape index (κ2) is 5.31. The van der Waals surface area contributed by atoms with Gasteiger partial charge in [0.25, 0.3) is 0 Å². The molecule has 0 amide bonds. The van der Waals surface area contributed by atoms with Crippen LogP contribution in [-0.4, -0.2) is 14.5 Å². The lowest BCUT2D eigenvalue weighted by molar-refractivity contribution is 0.372. The largest absolute Gasteiger partial charge is 0.398 e. The molecule has 0 aliphatic heterocycles. The van der Waals surface area contributed by atoms with Gasteiger partial charge in [0.2, 0.25) is 10.0 Å². The third kappa shape index (κ3) is 3.35. The van der Waals surface area contributed by atoms with Crippen molar-refractivity contribution in [1.82, 2.24) is 4.72 Å². The first-order chi connectivity index (χ1) is 9.11. The van der Waals surface area contributed by atoms with Crippen molar-refractivity contribution in [3.05, 3.63) is 22.2 Å². The van der Waals surface area contributed by atoms with Crippen LogP contribution in [0.1, 0.15) is 38.7 Å². The normalized spacial score (nSPS) is 22.1. The van der Waals surface area contributed by atoms with Crippen molar-refractivity contribution in [3.8, 4) is 0 Å². The van der Waals surface area contributed by atoms with E-state index in [9.17, 15) is 8.42 Å². The molecule has 112 valence electrons. The van der Waals surface area contributed by atoms with Gasteiger partial charge in [0.1, 0.15) is 0 Å². The Balaban J connectivity index is 2.26. The van der Waals surface area contributed by atoms with Crippen molar-refractivity contribution in [2.75, 3.05) is 5.73 Å². The number of aryl methyl sites for hydroxylation is 1. The predicted octanol–water partition coefficient (Wildman–Crippen LogP) is 3.20. The summed E-state index contributed by atoms with van der Waals surface area (Å²) in [6, 6.07) is 3.27. The lowest BCUT2D eigenvalue weighted by Gasteiger charge is -2.18. The highest BCUT2D eigenvalue weighted by Gasteiger charge is 2.33. The Morgan fingerprint density at radius 3 is 2.60 bits per heavy atom. The maximum Gasteiger partial charge on any atom is 0.241 e. The van der Waals surface area contributed by atoms with Crippen LogP contribution in [0.25, 0.3) is 0 Å². The van der Waals surface area contributed by atoms with Crippen LogP contribution in [0.5, 0.6) is 0 Å². The number of rotatable bonds is 3. The van der Waals surface area contributed by atoms with E-state index in [4.69, 9.17) is 5.73 Å². The summed E-state index contributed by atoms with van der Waals surface area (Å²) in [7, 11) is -3.51. The maximum atomic E-state index is 12.5. The number of nitrogens with one attached hydrogen (secondary N) is 1. The van der Waals surface area contributed by atoms with E-state index in [1.165, 1.54) is 6.07 Å². The van der Waals surface area contributed by atoms with Crippen LogP contribution >= 0.6 is 15.9 Å². The Morgan fingerprint density at radius 2 is 2.05 bits per heavy atom. The molecule has 1 aliphatic rings. The van der Waals surface area contributed by atoms with Gasteiger partial charge in [-0.25, -0.2) is 13.1 Å². The number of anilines is 1. The summed E-state index contributed by atoms with van der Waals surface area (Å²) in [5.41, 5.74) is 7.13. The van der Waals surface area contributed by atoms with Crippen molar-refractivity contribution in [2.24, 2.45) is 5.41 Å². The number of benzene rings is 1. The van der Waals surface area contributed by atoms with Crippen molar-refractivity contribution >= 4 is 31.6 Å². The molecule has 1 fully saturated rings. The van der Waals surface area contributed by atoms with E-state index >= 15 is 0 Å². The highest BCUT2D eigenvalue weighted by atomic mass is 79.9. The van der Waals surface area contributed by atoms with Crippen molar-refractivity contribution in [3.63, 3.8) is 0 Å². The van der Waals surface area contributed by atoms with Crippen LogP contribution < -0.4 is 10.5 Å². The van der Waals surface area contributed by atoms with Gasteiger partial charge in [-0.1, -0.05) is 13.8 Å². The standard InChI is InChI=1S/C14H21BrN2O2S/c1-9-6-11(15)12(16)7-13(9)20(18,19)17-10-4-5-14(2,3)8-10/h6-7,10,17H,4-5,8,16H2,1-3H3. The molecule has 4 nitrogen and oxygen atoms in total. The number of halogens is 1. The molecule has 1 saturated carbocycles. The lowest BCUT2D eigenvalue weighted by Crippen LogP contribution is -2.34. The summed E-state index contributed by atoms with van der Waals surface area (Å²) in [4.78, 5) is 0.267. The van der Waals surface area contributed by atoms with Gasteiger partial charge in [-0.15, -0.1) is 0 Å². The molecule has 6 heteroatoms. The third-order valence-corrected chi connectivity index (χ3v) is 6.22. The summed E-state index contributed by atoms with van der Waals surface area (Å²) in [5.74, 6) is 0. The molecule has 0 radical (unpaired) electrons. The van der Waals surface area contributed by atoms with E-state index in [1.54, 1.807) is 13.0 Å². The summed E-state index contributed by atoms with van der Waals surface area (Å²) in [6.07, 6.45) is 2.80. The van der Waals surface area contributed by atoms with Gasteiger partial charge < -0.3 is 5.73 Å². The third-order valence-electron chi connectivity index (χ3n) is 3.87. The van der Waals surface area contributed by atoms with Gasteiger partial charge >= 0.3 is 0 Å². The zero-order chi connectivity index (χ0) is 15.1. The molecule has 0 heterocycles. The van der Waals surface area contributed by atoms with E-state index in [-0.39, 0.29) is 16.4 Å². The molecule has 1 aromatic carbocycles. The van der Waals surface area contributed by atoms with E-state index in [1.807, 2.05) is 0 Å². The van der Waals surface area contributed by atoms with Crippen molar-refractivity contribution in [1.29, 1.82) is 0 Å². The minimum absolute atomic E-state index is 0.0132. The minimum Gasteiger partial charge on any atom is -0.398 e. The van der Waals surface area contributed by atoms with Crippen LogP contribution in [0, 0.1) is 12.3 Å². The number of nitrogens with two attached hydrogens (primary N) is 1. The van der Waals surface area contributed by atoms with E-state index in [2.05, 4.69) is 34.5 Å². The van der Waals surface area contributed by atoms with Gasteiger partial charge in [-0.3, -0.25) is 0 Å². The second-order valence-corrected chi connectivity index (χ2v) is 8.90. The highest BCUT2D eigenvalue weighted by Crippen LogP contribution is 2.37. The molecule has 0 saturated heterocycles. The van der Waals surface area contributed by atoms with Gasteiger partial charge in [0.15, 0.2) is 0 Å². The number of hydrogen-bond donors (Lipinski definition) is 2. The van der Waals surface area contributed by atoms with E-state index in [0.29, 0.717) is 11.3 Å². The molecule has 20 heavy (non-hydrogen) atoms. The SMILES string of the molecule is Cc1cc(Br)c(N)cc1S(=O)(=O)NC1CCC(C)(C)C1. The molecule has 2 rings (SSSR count).